The van der Waals surface area contributed by atoms with Crippen LogP contribution in [0.4, 0.5) is 4.79 Å². The first-order chi connectivity index (χ1) is 8.58. The molecule has 5 nitrogen and oxygen atoms in total. The van der Waals surface area contributed by atoms with E-state index < -0.39 is 6.09 Å². The summed E-state index contributed by atoms with van der Waals surface area (Å²) in [5.41, 5.74) is 1.06. The molecule has 0 unspecified atom stereocenters. The van der Waals surface area contributed by atoms with Crippen LogP contribution in [0.5, 0.6) is 0 Å². The Morgan fingerprint density at radius 3 is 2.67 bits per heavy atom. The summed E-state index contributed by atoms with van der Waals surface area (Å²) in [6.45, 7) is 2.75. The summed E-state index contributed by atoms with van der Waals surface area (Å²) in [6, 6.07) is 9.54. The van der Waals surface area contributed by atoms with E-state index in [4.69, 9.17) is 5.11 Å². The second-order valence-corrected chi connectivity index (χ2v) is 4.52. The first-order valence-corrected chi connectivity index (χ1v) is 5.89. The lowest BCUT2D eigenvalue weighted by Crippen LogP contribution is -2.56. The van der Waals surface area contributed by atoms with Gasteiger partial charge in [0.2, 0.25) is 5.91 Å². The van der Waals surface area contributed by atoms with Gasteiger partial charge in [-0.25, -0.2) is 4.79 Å². The van der Waals surface area contributed by atoms with Crippen LogP contribution in [0.25, 0.3) is 0 Å². The lowest BCUT2D eigenvalue weighted by atomic mass is 10.1. The van der Waals surface area contributed by atoms with Gasteiger partial charge in [-0.1, -0.05) is 30.3 Å². The topological polar surface area (TPSA) is 60.9 Å². The summed E-state index contributed by atoms with van der Waals surface area (Å²) in [5.74, 6) is -0.139. The highest BCUT2D eigenvalue weighted by molar-refractivity contribution is 5.83. The molecule has 1 aliphatic heterocycles. The minimum Gasteiger partial charge on any atom is -0.465 e. The van der Waals surface area contributed by atoms with Crippen molar-refractivity contribution in [2.24, 2.45) is 0 Å². The Morgan fingerprint density at radius 2 is 2.06 bits per heavy atom. The van der Waals surface area contributed by atoms with Crippen LogP contribution in [0.15, 0.2) is 30.3 Å². The zero-order valence-corrected chi connectivity index (χ0v) is 10.2. The molecule has 0 spiro atoms. The van der Waals surface area contributed by atoms with E-state index in [1.807, 2.05) is 37.3 Å². The third-order valence-corrected chi connectivity index (χ3v) is 3.14. The van der Waals surface area contributed by atoms with Crippen molar-refractivity contribution in [3.05, 3.63) is 35.9 Å². The normalized spacial score (nSPS) is 20.1. The van der Waals surface area contributed by atoms with Crippen LogP contribution in [-0.4, -0.2) is 46.0 Å². The summed E-state index contributed by atoms with van der Waals surface area (Å²) < 4.78 is 0. The molecule has 0 radical (unpaired) electrons. The predicted octanol–water partition coefficient (Wildman–Crippen LogP) is 1.40. The average Bonchev–Trinajstić information content (AvgIpc) is 2.34. The number of amides is 2. The molecule has 1 N–H and O–H groups in total. The fraction of sp³-hybridized carbons (Fsp3) is 0.385. The number of piperazine rings is 1. The smallest absolute Gasteiger partial charge is 0.408 e. The summed E-state index contributed by atoms with van der Waals surface area (Å²) in [5, 5.41) is 8.96. The van der Waals surface area contributed by atoms with Gasteiger partial charge in [0.1, 0.15) is 6.54 Å². The van der Waals surface area contributed by atoms with E-state index in [9.17, 15) is 9.59 Å². The molecule has 1 atom stereocenters. The Hall–Kier alpha value is -2.04. The minimum atomic E-state index is -1.03. The zero-order chi connectivity index (χ0) is 13.1. The predicted molar refractivity (Wildman–Crippen MR) is 66.1 cm³/mol. The average molecular weight is 248 g/mol. The standard InChI is InChI=1S/C13H16N2O3/c1-10-7-14(8-11-5-3-2-4-6-11)12(16)9-15(10)13(17)18/h2-6,10H,7-9H2,1H3,(H,17,18)/t10-/m0/s1. The molecule has 1 heterocycles. The van der Waals surface area contributed by atoms with E-state index in [2.05, 4.69) is 0 Å². The van der Waals surface area contributed by atoms with Gasteiger partial charge in [0.15, 0.2) is 0 Å². The van der Waals surface area contributed by atoms with Gasteiger partial charge < -0.3 is 10.0 Å². The molecule has 5 heteroatoms. The molecule has 1 aromatic carbocycles. The lowest BCUT2D eigenvalue weighted by Gasteiger charge is -2.37. The van der Waals surface area contributed by atoms with E-state index in [1.54, 1.807) is 4.90 Å². The molecular formula is C13H16N2O3. The summed E-state index contributed by atoms with van der Waals surface area (Å²) in [4.78, 5) is 25.7. The maximum absolute atomic E-state index is 11.9. The van der Waals surface area contributed by atoms with Crippen molar-refractivity contribution in [1.82, 2.24) is 9.80 Å². The zero-order valence-electron chi connectivity index (χ0n) is 10.2. The van der Waals surface area contributed by atoms with Gasteiger partial charge in [-0.2, -0.15) is 0 Å². The highest BCUT2D eigenvalue weighted by atomic mass is 16.4. The van der Waals surface area contributed by atoms with Crippen molar-refractivity contribution in [3.63, 3.8) is 0 Å². The first kappa shape index (κ1) is 12.4. The Balaban J connectivity index is 2.04. The van der Waals surface area contributed by atoms with Crippen LogP contribution in [0.3, 0.4) is 0 Å². The molecule has 1 aromatic rings. The van der Waals surface area contributed by atoms with Crippen LogP contribution in [0, 0.1) is 0 Å². The van der Waals surface area contributed by atoms with Gasteiger partial charge in [-0.3, -0.25) is 9.69 Å². The Morgan fingerprint density at radius 1 is 1.39 bits per heavy atom. The SMILES string of the molecule is C[C@H]1CN(Cc2ccccc2)C(=O)CN1C(=O)O. The fourth-order valence-corrected chi connectivity index (χ4v) is 2.13. The van der Waals surface area contributed by atoms with Crippen molar-refractivity contribution in [1.29, 1.82) is 0 Å². The molecular weight excluding hydrogens is 232 g/mol. The molecule has 1 saturated heterocycles. The highest BCUT2D eigenvalue weighted by Gasteiger charge is 2.32. The van der Waals surface area contributed by atoms with E-state index in [-0.39, 0.29) is 18.5 Å². The van der Waals surface area contributed by atoms with Gasteiger partial charge in [0, 0.05) is 13.1 Å². The van der Waals surface area contributed by atoms with E-state index >= 15 is 0 Å². The number of hydrogen-bond acceptors (Lipinski definition) is 2. The fourth-order valence-electron chi connectivity index (χ4n) is 2.13. The summed E-state index contributed by atoms with van der Waals surface area (Å²) >= 11 is 0. The number of carboxylic acid groups (broad SMARTS) is 1. The molecule has 18 heavy (non-hydrogen) atoms. The third-order valence-electron chi connectivity index (χ3n) is 3.14. The van der Waals surface area contributed by atoms with Gasteiger partial charge >= 0.3 is 6.09 Å². The van der Waals surface area contributed by atoms with Crippen LogP contribution < -0.4 is 0 Å². The van der Waals surface area contributed by atoms with Crippen molar-refractivity contribution < 1.29 is 14.7 Å². The Labute approximate surface area is 106 Å². The van der Waals surface area contributed by atoms with E-state index in [0.717, 1.165) is 5.56 Å². The quantitative estimate of drug-likeness (QED) is 0.860. The molecule has 2 amide bonds. The van der Waals surface area contributed by atoms with Crippen molar-refractivity contribution in [2.75, 3.05) is 13.1 Å². The molecule has 96 valence electrons. The van der Waals surface area contributed by atoms with Crippen LogP contribution in [0.2, 0.25) is 0 Å². The maximum atomic E-state index is 11.9. The summed E-state index contributed by atoms with van der Waals surface area (Å²) in [6.07, 6.45) is -1.03. The number of benzene rings is 1. The molecule has 2 rings (SSSR count). The second-order valence-electron chi connectivity index (χ2n) is 4.52. The first-order valence-electron chi connectivity index (χ1n) is 5.89. The number of nitrogens with zero attached hydrogens (tertiary/aromatic N) is 2. The number of rotatable bonds is 2. The molecule has 0 aliphatic carbocycles. The largest absolute Gasteiger partial charge is 0.465 e. The Bertz CT molecular complexity index is 447. The summed E-state index contributed by atoms with van der Waals surface area (Å²) in [7, 11) is 0. The van der Waals surface area contributed by atoms with Crippen molar-refractivity contribution in [3.8, 4) is 0 Å². The van der Waals surface area contributed by atoms with Gasteiger partial charge in [-0.15, -0.1) is 0 Å². The lowest BCUT2D eigenvalue weighted by molar-refractivity contribution is -0.137. The molecule has 0 bridgehead atoms. The van der Waals surface area contributed by atoms with E-state index in [1.165, 1.54) is 4.90 Å². The molecule has 0 saturated carbocycles. The van der Waals surface area contributed by atoms with Crippen molar-refractivity contribution >= 4 is 12.0 Å². The highest BCUT2D eigenvalue weighted by Crippen LogP contribution is 2.14. The monoisotopic (exact) mass is 248 g/mol. The van der Waals surface area contributed by atoms with E-state index in [0.29, 0.717) is 13.1 Å². The molecule has 1 fully saturated rings. The van der Waals surface area contributed by atoms with Crippen LogP contribution >= 0.6 is 0 Å². The van der Waals surface area contributed by atoms with Gasteiger partial charge in [-0.05, 0) is 12.5 Å². The van der Waals surface area contributed by atoms with Crippen LogP contribution in [-0.2, 0) is 11.3 Å². The minimum absolute atomic E-state index is 0.0522. The van der Waals surface area contributed by atoms with Crippen LogP contribution in [0.1, 0.15) is 12.5 Å². The number of hydrogen-bond donors (Lipinski definition) is 1. The molecule has 0 aromatic heterocycles. The second kappa shape index (κ2) is 5.08. The van der Waals surface area contributed by atoms with Crippen molar-refractivity contribution in [2.45, 2.75) is 19.5 Å². The van der Waals surface area contributed by atoms with Gasteiger partial charge in [0.25, 0.3) is 0 Å². The molecule has 1 aliphatic rings. The maximum Gasteiger partial charge on any atom is 0.408 e. The Kier molecular flexibility index (Phi) is 3.50. The third kappa shape index (κ3) is 2.61. The van der Waals surface area contributed by atoms with Gasteiger partial charge in [0.05, 0.1) is 6.04 Å². The number of carbonyl (C=O) groups is 2. The number of carbonyl (C=O) groups excluding carboxylic acids is 1.